The lowest BCUT2D eigenvalue weighted by Gasteiger charge is -2.47. The van der Waals surface area contributed by atoms with Crippen molar-refractivity contribution in [2.75, 3.05) is 19.7 Å². The van der Waals surface area contributed by atoms with Crippen LogP contribution in [-0.2, 0) is 16.1 Å². The predicted octanol–water partition coefficient (Wildman–Crippen LogP) is 2.15. The van der Waals surface area contributed by atoms with E-state index in [0.717, 1.165) is 0 Å². The third kappa shape index (κ3) is 3.43. The van der Waals surface area contributed by atoms with Crippen LogP contribution >= 0.6 is 11.6 Å². The summed E-state index contributed by atoms with van der Waals surface area (Å²) in [6, 6.07) is 4.91. The average molecular weight is 288 g/mol. The Morgan fingerprint density at radius 1 is 1.58 bits per heavy atom. The molecular formula is C13H15ClFNO3. The van der Waals surface area contributed by atoms with E-state index < -0.39 is 17.4 Å². The van der Waals surface area contributed by atoms with E-state index in [1.165, 1.54) is 6.07 Å². The molecule has 0 aromatic heterocycles. The summed E-state index contributed by atoms with van der Waals surface area (Å²) >= 11 is 5.72. The van der Waals surface area contributed by atoms with Crippen LogP contribution in [0.4, 0.5) is 4.39 Å². The Hall–Kier alpha value is -1.17. The van der Waals surface area contributed by atoms with Crippen LogP contribution in [0.1, 0.15) is 12.5 Å². The molecule has 1 saturated heterocycles. The van der Waals surface area contributed by atoms with Crippen LogP contribution in [-0.4, -0.2) is 41.3 Å². The summed E-state index contributed by atoms with van der Waals surface area (Å²) in [5, 5.41) is 8.68. The van der Waals surface area contributed by atoms with E-state index in [0.29, 0.717) is 25.2 Å². The molecule has 1 heterocycles. The number of hydrogen-bond donors (Lipinski definition) is 1. The lowest BCUT2D eigenvalue weighted by atomic mass is 9.95. The highest BCUT2D eigenvalue weighted by Gasteiger charge is 2.40. The molecule has 0 aliphatic carbocycles. The maximum atomic E-state index is 13.7. The van der Waals surface area contributed by atoms with Gasteiger partial charge in [-0.2, -0.15) is 0 Å². The lowest BCUT2D eigenvalue weighted by molar-refractivity contribution is -0.165. The Labute approximate surface area is 115 Å². The van der Waals surface area contributed by atoms with Crippen molar-refractivity contribution in [3.05, 3.63) is 34.6 Å². The molecule has 0 saturated carbocycles. The summed E-state index contributed by atoms with van der Waals surface area (Å²) in [7, 11) is 0. The van der Waals surface area contributed by atoms with E-state index >= 15 is 0 Å². The molecule has 6 heteroatoms. The number of likely N-dealkylation sites (tertiary alicyclic amines) is 1. The monoisotopic (exact) mass is 287 g/mol. The third-order valence-corrected chi connectivity index (χ3v) is 3.38. The van der Waals surface area contributed by atoms with Gasteiger partial charge in [0.15, 0.2) is 0 Å². The molecule has 0 bridgehead atoms. The van der Waals surface area contributed by atoms with E-state index in [2.05, 4.69) is 0 Å². The van der Waals surface area contributed by atoms with Crippen LogP contribution in [0.5, 0.6) is 0 Å². The number of ether oxygens (including phenoxy) is 1. The molecule has 2 rings (SSSR count). The third-order valence-electron chi connectivity index (χ3n) is 3.09. The van der Waals surface area contributed by atoms with Gasteiger partial charge in [-0.1, -0.05) is 23.7 Å². The number of halogens is 2. The molecule has 104 valence electrons. The van der Waals surface area contributed by atoms with Gasteiger partial charge in [0.25, 0.3) is 0 Å². The fourth-order valence-corrected chi connectivity index (χ4v) is 2.44. The first kappa shape index (κ1) is 14.2. The van der Waals surface area contributed by atoms with Crippen LogP contribution < -0.4 is 0 Å². The summed E-state index contributed by atoms with van der Waals surface area (Å²) in [4.78, 5) is 12.4. The van der Waals surface area contributed by atoms with Crippen molar-refractivity contribution in [2.45, 2.75) is 19.1 Å². The number of hydrogen-bond acceptors (Lipinski definition) is 3. The molecule has 1 aliphatic heterocycles. The molecule has 0 atom stereocenters. The second-order valence-electron chi connectivity index (χ2n) is 4.99. The maximum Gasteiger partial charge on any atom is 0.329 e. The molecule has 1 N–H and O–H groups in total. The van der Waals surface area contributed by atoms with Gasteiger partial charge in [-0.25, -0.2) is 9.18 Å². The summed E-state index contributed by atoms with van der Waals surface area (Å²) in [6.07, 6.45) is 0. The highest BCUT2D eigenvalue weighted by molar-refractivity contribution is 6.30. The van der Waals surface area contributed by atoms with E-state index in [1.807, 2.05) is 11.8 Å². The summed E-state index contributed by atoms with van der Waals surface area (Å²) < 4.78 is 19.0. The number of rotatable bonds is 5. The number of aliphatic carboxylic acids is 1. The van der Waals surface area contributed by atoms with Crippen LogP contribution in [0.25, 0.3) is 0 Å². The largest absolute Gasteiger partial charge is 0.480 e. The van der Waals surface area contributed by atoms with Crippen molar-refractivity contribution in [3.63, 3.8) is 0 Å². The van der Waals surface area contributed by atoms with Crippen molar-refractivity contribution >= 4 is 17.6 Å². The molecule has 1 aromatic rings. The molecule has 0 spiro atoms. The maximum absolute atomic E-state index is 13.7. The van der Waals surface area contributed by atoms with Gasteiger partial charge in [0.2, 0.25) is 0 Å². The second kappa shape index (κ2) is 5.45. The molecular weight excluding hydrogens is 273 g/mol. The first-order chi connectivity index (χ1) is 8.89. The molecule has 0 radical (unpaired) electrons. The van der Waals surface area contributed by atoms with Gasteiger partial charge < -0.3 is 9.84 Å². The quantitative estimate of drug-likeness (QED) is 0.901. The Bertz CT molecular complexity index is 489. The topological polar surface area (TPSA) is 49.8 Å². The summed E-state index contributed by atoms with van der Waals surface area (Å²) in [5.74, 6) is -1.38. The zero-order valence-corrected chi connectivity index (χ0v) is 11.3. The van der Waals surface area contributed by atoms with Gasteiger partial charge >= 0.3 is 5.97 Å². The van der Waals surface area contributed by atoms with E-state index in [1.54, 1.807) is 12.1 Å². The minimum atomic E-state index is -0.986. The van der Waals surface area contributed by atoms with Gasteiger partial charge in [-0.3, -0.25) is 4.90 Å². The van der Waals surface area contributed by atoms with Crippen LogP contribution in [0.3, 0.4) is 0 Å². The van der Waals surface area contributed by atoms with E-state index in [4.69, 9.17) is 21.4 Å². The smallest absolute Gasteiger partial charge is 0.329 e. The number of benzene rings is 1. The first-order valence-corrected chi connectivity index (χ1v) is 6.28. The van der Waals surface area contributed by atoms with Crippen LogP contribution in [0, 0.1) is 5.82 Å². The predicted molar refractivity (Wildman–Crippen MR) is 68.7 cm³/mol. The Kier molecular flexibility index (Phi) is 4.08. The fourth-order valence-electron chi connectivity index (χ4n) is 2.25. The second-order valence-corrected chi connectivity index (χ2v) is 5.40. The van der Waals surface area contributed by atoms with Crippen molar-refractivity contribution in [1.82, 2.24) is 4.90 Å². The molecule has 1 fully saturated rings. The van der Waals surface area contributed by atoms with Gasteiger partial charge in [-0.15, -0.1) is 0 Å². The number of carbonyl (C=O) groups is 1. The average Bonchev–Trinajstić information content (AvgIpc) is 2.30. The van der Waals surface area contributed by atoms with Gasteiger partial charge in [0, 0.05) is 25.2 Å². The van der Waals surface area contributed by atoms with E-state index in [9.17, 15) is 9.18 Å². The molecule has 1 aliphatic rings. The number of carboxylic acid groups (broad SMARTS) is 1. The fraction of sp³-hybridized carbons (Fsp3) is 0.462. The van der Waals surface area contributed by atoms with Crippen LogP contribution in [0.2, 0.25) is 5.02 Å². The van der Waals surface area contributed by atoms with Crippen molar-refractivity contribution in [2.24, 2.45) is 0 Å². The normalized spacial score (nSPS) is 18.1. The molecule has 1 aromatic carbocycles. The minimum absolute atomic E-state index is 0.114. The van der Waals surface area contributed by atoms with Crippen molar-refractivity contribution in [3.8, 4) is 0 Å². The molecule has 0 amide bonds. The number of carboxylic acids is 1. The van der Waals surface area contributed by atoms with Gasteiger partial charge in [-0.05, 0) is 13.0 Å². The van der Waals surface area contributed by atoms with Crippen molar-refractivity contribution in [1.29, 1.82) is 0 Å². The zero-order chi connectivity index (χ0) is 14.0. The SMILES string of the molecule is CC1(OCC(=O)O)CN(Cc2cccc(Cl)c2F)C1. The molecule has 19 heavy (non-hydrogen) atoms. The van der Waals surface area contributed by atoms with Gasteiger partial charge in [0.05, 0.1) is 10.6 Å². The van der Waals surface area contributed by atoms with E-state index in [-0.39, 0.29) is 11.6 Å². The summed E-state index contributed by atoms with van der Waals surface area (Å²) in [6.45, 7) is 3.13. The van der Waals surface area contributed by atoms with Crippen molar-refractivity contribution < 1.29 is 19.0 Å². The first-order valence-electron chi connectivity index (χ1n) is 5.91. The highest BCUT2D eigenvalue weighted by Crippen LogP contribution is 2.28. The molecule has 0 unspecified atom stereocenters. The Morgan fingerprint density at radius 3 is 2.89 bits per heavy atom. The van der Waals surface area contributed by atoms with Gasteiger partial charge in [0.1, 0.15) is 12.4 Å². The lowest BCUT2D eigenvalue weighted by Crippen LogP contribution is -2.61. The number of nitrogens with zero attached hydrogens (tertiary/aromatic N) is 1. The van der Waals surface area contributed by atoms with Crippen LogP contribution in [0.15, 0.2) is 18.2 Å². The Morgan fingerprint density at radius 2 is 2.26 bits per heavy atom. The molecule has 4 nitrogen and oxygen atoms in total. The zero-order valence-electron chi connectivity index (χ0n) is 10.5. The Balaban J connectivity index is 1.87. The standard InChI is InChI=1S/C13H15ClFNO3/c1-13(19-6-11(17)18)7-16(8-13)5-9-3-2-4-10(14)12(9)15/h2-4H,5-8H2,1H3,(H,17,18). The minimum Gasteiger partial charge on any atom is -0.480 e. The highest BCUT2D eigenvalue weighted by atomic mass is 35.5. The summed E-state index contributed by atoms with van der Waals surface area (Å²) in [5.41, 5.74) is 0.0701.